The maximum Gasteiger partial charge on any atom is 0.245 e. The van der Waals surface area contributed by atoms with E-state index < -0.39 is 15.8 Å². The average Bonchev–Trinajstić information content (AvgIpc) is 2.65. The lowest BCUT2D eigenvalue weighted by molar-refractivity contribution is 0.246. The number of hydrogen-bond acceptors (Lipinski definition) is 4. The first-order chi connectivity index (χ1) is 9.91. The average molecular weight is 313 g/mol. The van der Waals surface area contributed by atoms with E-state index in [1.165, 1.54) is 22.5 Å². The Bertz CT molecular complexity index is 650. The highest BCUT2D eigenvalue weighted by molar-refractivity contribution is 7.89. The maximum atomic E-state index is 13.6. The van der Waals surface area contributed by atoms with Crippen LogP contribution >= 0.6 is 0 Å². The Balaban J connectivity index is 1.93. The fraction of sp³-hybridized carbons (Fsp3) is 0.571. The van der Waals surface area contributed by atoms with Gasteiger partial charge >= 0.3 is 0 Å². The van der Waals surface area contributed by atoms with Crippen molar-refractivity contribution in [3.05, 3.63) is 24.0 Å². The summed E-state index contributed by atoms with van der Waals surface area (Å²) in [5.41, 5.74) is 5.34. The second-order valence-corrected chi connectivity index (χ2v) is 7.76. The molecule has 21 heavy (non-hydrogen) atoms. The molecule has 2 N–H and O–H groups in total. The zero-order valence-electron chi connectivity index (χ0n) is 12.0. The summed E-state index contributed by atoms with van der Waals surface area (Å²) in [7, 11) is -1.69. The van der Waals surface area contributed by atoms with Gasteiger partial charge in [0.15, 0.2) is 0 Å². The molecule has 1 aromatic rings. The zero-order valence-corrected chi connectivity index (χ0v) is 12.8. The number of sulfonamides is 1. The highest BCUT2D eigenvalue weighted by atomic mass is 32.2. The topological polar surface area (TPSA) is 66.6 Å². The van der Waals surface area contributed by atoms with Crippen molar-refractivity contribution in [3.63, 3.8) is 0 Å². The predicted octanol–water partition coefficient (Wildman–Crippen LogP) is 1.27. The van der Waals surface area contributed by atoms with Crippen LogP contribution in [0.25, 0.3) is 0 Å². The molecule has 0 spiro atoms. The van der Waals surface area contributed by atoms with Crippen LogP contribution in [0, 0.1) is 5.82 Å². The molecule has 2 unspecified atom stereocenters. The van der Waals surface area contributed by atoms with E-state index in [1.54, 1.807) is 0 Å². The largest absolute Gasteiger partial charge is 0.395 e. The molecule has 2 atom stereocenters. The summed E-state index contributed by atoms with van der Waals surface area (Å²) >= 11 is 0. The van der Waals surface area contributed by atoms with Crippen molar-refractivity contribution in [3.8, 4) is 0 Å². The second-order valence-electron chi connectivity index (χ2n) is 5.85. The van der Waals surface area contributed by atoms with Gasteiger partial charge < -0.3 is 5.73 Å². The zero-order chi connectivity index (χ0) is 15.2. The number of hydrogen-bond donors (Lipinski definition) is 1. The quantitative estimate of drug-likeness (QED) is 0.835. The van der Waals surface area contributed by atoms with Crippen LogP contribution in [-0.4, -0.2) is 49.8 Å². The van der Waals surface area contributed by atoms with Crippen LogP contribution in [0.1, 0.15) is 19.3 Å². The SMILES string of the molecule is CN1C2CCC1CN(S(=O)(=O)c1cccc(F)c1N)CC2. The van der Waals surface area contributed by atoms with Crippen LogP contribution in [0.4, 0.5) is 10.1 Å². The van der Waals surface area contributed by atoms with E-state index in [0.29, 0.717) is 19.1 Å². The number of nitrogens with zero attached hydrogens (tertiary/aromatic N) is 2. The molecular formula is C14H20FN3O2S. The Morgan fingerprint density at radius 2 is 1.95 bits per heavy atom. The minimum Gasteiger partial charge on any atom is -0.395 e. The molecule has 2 aliphatic rings. The van der Waals surface area contributed by atoms with E-state index in [4.69, 9.17) is 5.73 Å². The number of likely N-dealkylation sites (N-methyl/N-ethyl adjacent to an activating group) is 1. The molecule has 2 fully saturated rings. The maximum absolute atomic E-state index is 13.6. The van der Waals surface area contributed by atoms with Crippen LogP contribution in [-0.2, 0) is 10.0 Å². The van der Waals surface area contributed by atoms with E-state index in [1.807, 2.05) is 0 Å². The number of halogens is 1. The number of rotatable bonds is 2. The van der Waals surface area contributed by atoms with Gasteiger partial charge in [-0.15, -0.1) is 0 Å². The standard InChI is InChI=1S/C14H20FN3O2S/c1-17-10-5-6-11(17)9-18(8-7-10)21(19,20)13-4-2-3-12(15)14(13)16/h2-4,10-11H,5-9,16H2,1H3. The second kappa shape index (κ2) is 5.23. The molecule has 0 aromatic heterocycles. The molecule has 1 aromatic carbocycles. The minimum absolute atomic E-state index is 0.122. The first-order valence-electron chi connectivity index (χ1n) is 7.17. The number of nitrogens with two attached hydrogens (primary N) is 1. The summed E-state index contributed by atoms with van der Waals surface area (Å²) in [6, 6.07) is 4.61. The van der Waals surface area contributed by atoms with Gasteiger partial charge in [0, 0.05) is 25.2 Å². The lowest BCUT2D eigenvalue weighted by Crippen LogP contribution is -2.39. The molecule has 0 saturated carbocycles. The van der Waals surface area contributed by atoms with Crippen molar-refractivity contribution in [1.82, 2.24) is 9.21 Å². The summed E-state index contributed by atoms with van der Waals surface area (Å²) in [6.45, 7) is 0.912. The summed E-state index contributed by atoms with van der Waals surface area (Å²) in [5.74, 6) is -0.690. The Morgan fingerprint density at radius 1 is 1.24 bits per heavy atom. The number of anilines is 1. The predicted molar refractivity (Wildman–Crippen MR) is 78.8 cm³/mol. The van der Waals surface area contributed by atoms with Crippen molar-refractivity contribution < 1.29 is 12.8 Å². The van der Waals surface area contributed by atoms with E-state index in [2.05, 4.69) is 11.9 Å². The van der Waals surface area contributed by atoms with Crippen LogP contribution < -0.4 is 5.73 Å². The van der Waals surface area contributed by atoms with Crippen LogP contribution in [0.5, 0.6) is 0 Å². The first-order valence-corrected chi connectivity index (χ1v) is 8.61. The van der Waals surface area contributed by atoms with Gasteiger partial charge in [0.2, 0.25) is 10.0 Å². The molecule has 0 radical (unpaired) electrons. The van der Waals surface area contributed by atoms with E-state index >= 15 is 0 Å². The van der Waals surface area contributed by atoms with Crippen molar-refractivity contribution in [2.24, 2.45) is 0 Å². The molecule has 2 saturated heterocycles. The first kappa shape index (κ1) is 14.7. The third-order valence-corrected chi connectivity index (χ3v) is 6.67. The normalized spacial score (nSPS) is 27.7. The smallest absolute Gasteiger partial charge is 0.245 e. The van der Waals surface area contributed by atoms with E-state index in [0.717, 1.165) is 19.3 Å². The van der Waals surface area contributed by atoms with Gasteiger partial charge in [0.25, 0.3) is 0 Å². The third kappa shape index (κ3) is 2.43. The Kier molecular flexibility index (Phi) is 3.67. The summed E-state index contributed by atoms with van der Waals surface area (Å²) in [4.78, 5) is 2.15. The molecule has 2 aliphatic heterocycles. The van der Waals surface area contributed by atoms with Gasteiger partial charge in [0.05, 0.1) is 5.69 Å². The van der Waals surface area contributed by atoms with Gasteiger partial charge in [-0.2, -0.15) is 4.31 Å². The van der Waals surface area contributed by atoms with Crippen LogP contribution in [0.2, 0.25) is 0 Å². The summed E-state index contributed by atoms with van der Waals surface area (Å²) in [5, 5.41) is 0. The third-order valence-electron chi connectivity index (χ3n) is 4.74. The molecule has 116 valence electrons. The monoisotopic (exact) mass is 313 g/mol. The molecule has 2 heterocycles. The molecule has 3 rings (SSSR count). The Morgan fingerprint density at radius 3 is 2.71 bits per heavy atom. The van der Waals surface area contributed by atoms with E-state index in [-0.39, 0.29) is 16.6 Å². The van der Waals surface area contributed by atoms with Gasteiger partial charge in [-0.1, -0.05) is 6.07 Å². The number of para-hydroxylation sites is 1. The van der Waals surface area contributed by atoms with Crippen LogP contribution in [0.15, 0.2) is 23.1 Å². The van der Waals surface area contributed by atoms with Crippen molar-refractivity contribution in [2.75, 3.05) is 25.9 Å². The molecular weight excluding hydrogens is 293 g/mol. The fourth-order valence-corrected chi connectivity index (χ4v) is 5.00. The minimum atomic E-state index is -3.74. The lowest BCUT2D eigenvalue weighted by Gasteiger charge is -2.25. The molecule has 5 nitrogen and oxygen atoms in total. The van der Waals surface area contributed by atoms with Gasteiger partial charge in [-0.05, 0) is 38.4 Å². The number of benzene rings is 1. The van der Waals surface area contributed by atoms with Crippen molar-refractivity contribution in [2.45, 2.75) is 36.2 Å². The Labute approximate surface area is 124 Å². The number of fused-ring (bicyclic) bond motifs is 2. The molecule has 7 heteroatoms. The van der Waals surface area contributed by atoms with E-state index in [9.17, 15) is 12.8 Å². The summed E-state index contributed by atoms with van der Waals surface area (Å²) in [6.07, 6.45) is 2.93. The summed E-state index contributed by atoms with van der Waals surface area (Å²) < 4.78 is 40.5. The fourth-order valence-electron chi connectivity index (χ4n) is 3.38. The number of nitrogen functional groups attached to an aromatic ring is 1. The molecule has 0 amide bonds. The van der Waals surface area contributed by atoms with Gasteiger partial charge in [0.1, 0.15) is 10.7 Å². The van der Waals surface area contributed by atoms with Crippen molar-refractivity contribution >= 4 is 15.7 Å². The lowest BCUT2D eigenvalue weighted by atomic mass is 10.1. The highest BCUT2D eigenvalue weighted by Crippen LogP contribution is 2.32. The van der Waals surface area contributed by atoms with Gasteiger partial charge in [-0.3, -0.25) is 4.90 Å². The van der Waals surface area contributed by atoms with Crippen LogP contribution in [0.3, 0.4) is 0 Å². The Hall–Kier alpha value is -1.18. The van der Waals surface area contributed by atoms with Crippen molar-refractivity contribution in [1.29, 1.82) is 0 Å². The molecule has 0 aliphatic carbocycles. The highest BCUT2D eigenvalue weighted by Gasteiger charge is 2.39. The molecule has 2 bridgehead atoms. The van der Waals surface area contributed by atoms with Gasteiger partial charge in [-0.25, -0.2) is 12.8 Å².